The fourth-order valence-corrected chi connectivity index (χ4v) is 6.63. The van der Waals surface area contributed by atoms with Crippen molar-refractivity contribution in [3.63, 3.8) is 0 Å². The van der Waals surface area contributed by atoms with Crippen molar-refractivity contribution in [1.82, 2.24) is 4.31 Å². The Morgan fingerprint density at radius 3 is 2.34 bits per heavy atom. The van der Waals surface area contributed by atoms with Gasteiger partial charge in [0.15, 0.2) is 0 Å². The van der Waals surface area contributed by atoms with Crippen LogP contribution in [0, 0.1) is 0 Å². The number of nitrogens with zero attached hydrogens (tertiary/aromatic N) is 2. The molecule has 6 nitrogen and oxygen atoms in total. The highest BCUT2D eigenvalue weighted by Crippen LogP contribution is 2.34. The van der Waals surface area contributed by atoms with Gasteiger partial charge >= 0.3 is 0 Å². The molecule has 0 saturated carbocycles. The first-order valence-corrected chi connectivity index (χ1v) is 12.8. The molecule has 1 aliphatic heterocycles. The molecule has 0 radical (unpaired) electrons. The van der Waals surface area contributed by atoms with Crippen LogP contribution in [0.15, 0.2) is 64.9 Å². The van der Waals surface area contributed by atoms with Crippen molar-refractivity contribution >= 4 is 73.7 Å². The minimum Gasteiger partial charge on any atom is -0.274 e. The van der Waals surface area contributed by atoms with Crippen molar-refractivity contribution in [2.45, 2.75) is 23.9 Å². The van der Waals surface area contributed by atoms with Gasteiger partial charge in [0.1, 0.15) is 10.9 Å². The number of carbonyl (C=O) groups is 2. The predicted molar refractivity (Wildman–Crippen MR) is 126 cm³/mol. The number of sulfonamides is 1. The molecule has 1 aromatic heterocycles. The lowest BCUT2D eigenvalue weighted by Crippen LogP contribution is -2.45. The van der Waals surface area contributed by atoms with Crippen LogP contribution in [0.3, 0.4) is 0 Å². The minimum absolute atomic E-state index is 0.0306. The van der Waals surface area contributed by atoms with Gasteiger partial charge in [-0.15, -0.1) is 11.3 Å². The van der Waals surface area contributed by atoms with Gasteiger partial charge in [-0.25, -0.2) is 13.3 Å². The van der Waals surface area contributed by atoms with Crippen LogP contribution in [0.25, 0.3) is 0 Å². The van der Waals surface area contributed by atoms with Gasteiger partial charge in [0, 0.05) is 21.5 Å². The van der Waals surface area contributed by atoms with E-state index in [0.29, 0.717) is 15.6 Å². The molecule has 11 heteroatoms. The van der Waals surface area contributed by atoms with E-state index in [-0.39, 0.29) is 27.9 Å². The third-order valence-electron chi connectivity index (χ3n) is 4.93. The molecule has 2 amide bonds. The maximum Gasteiger partial charge on any atom is 0.252 e. The van der Waals surface area contributed by atoms with E-state index in [2.05, 4.69) is 0 Å². The molecule has 0 aliphatic carbocycles. The normalized spacial score (nSPS) is 16.9. The molecule has 0 bridgehead atoms. The first-order chi connectivity index (χ1) is 15.2. The fourth-order valence-electron chi connectivity index (χ4n) is 3.42. The molecule has 0 spiro atoms. The molecule has 4 rings (SSSR count). The van der Waals surface area contributed by atoms with Gasteiger partial charge in [-0.05, 0) is 53.9 Å². The Kier molecular flexibility index (Phi) is 6.63. The summed E-state index contributed by atoms with van der Waals surface area (Å²) in [6.45, 7) is -0.0962. The molecule has 166 valence electrons. The maximum atomic E-state index is 13.6. The smallest absolute Gasteiger partial charge is 0.252 e. The first kappa shape index (κ1) is 23.2. The number of hydrogen-bond donors (Lipinski definition) is 0. The lowest BCUT2D eigenvalue weighted by molar-refractivity contribution is -0.122. The highest BCUT2D eigenvalue weighted by atomic mass is 35.5. The van der Waals surface area contributed by atoms with E-state index in [4.69, 9.17) is 34.8 Å². The molecule has 0 N–H and O–H groups in total. The van der Waals surface area contributed by atoms with Crippen molar-refractivity contribution in [3.05, 3.63) is 79.9 Å². The summed E-state index contributed by atoms with van der Waals surface area (Å²) in [5.74, 6) is -1.15. The van der Waals surface area contributed by atoms with Gasteiger partial charge < -0.3 is 0 Å². The Morgan fingerprint density at radius 2 is 1.69 bits per heavy atom. The number of imide groups is 1. The Morgan fingerprint density at radius 1 is 1.00 bits per heavy atom. The largest absolute Gasteiger partial charge is 0.274 e. The highest BCUT2D eigenvalue weighted by Gasteiger charge is 2.47. The number of rotatable bonds is 6. The van der Waals surface area contributed by atoms with Crippen LogP contribution in [0.1, 0.15) is 11.3 Å². The fraction of sp³-hybridized carbons (Fsp3) is 0.143. The summed E-state index contributed by atoms with van der Waals surface area (Å²) in [6, 6.07) is 12.6. The van der Waals surface area contributed by atoms with Crippen LogP contribution in [0.4, 0.5) is 5.69 Å². The van der Waals surface area contributed by atoms with Crippen LogP contribution in [-0.2, 0) is 26.2 Å². The number of anilines is 1. The van der Waals surface area contributed by atoms with Gasteiger partial charge in [-0.2, -0.15) is 4.31 Å². The second kappa shape index (κ2) is 9.13. The van der Waals surface area contributed by atoms with Gasteiger partial charge in [0.2, 0.25) is 15.9 Å². The van der Waals surface area contributed by atoms with Crippen LogP contribution in [-0.4, -0.2) is 30.6 Å². The Labute approximate surface area is 204 Å². The standard InChI is InChI=1S/C21H15Cl3N2O4S2/c22-13-3-6-15(7-4-13)26-20(27)11-18(21(26)28)25(12-16-2-1-9-31-16)32(29,30)19-10-14(23)5-8-17(19)24/h1-10,18H,11-12H2. The van der Waals surface area contributed by atoms with E-state index < -0.39 is 27.9 Å². The van der Waals surface area contributed by atoms with Crippen molar-refractivity contribution in [2.75, 3.05) is 4.90 Å². The van der Waals surface area contributed by atoms with E-state index in [1.165, 1.54) is 41.7 Å². The maximum absolute atomic E-state index is 13.6. The minimum atomic E-state index is -4.28. The van der Waals surface area contributed by atoms with Crippen molar-refractivity contribution in [3.8, 4) is 0 Å². The second-order valence-electron chi connectivity index (χ2n) is 6.97. The molecule has 1 saturated heterocycles. The summed E-state index contributed by atoms with van der Waals surface area (Å²) in [5.41, 5.74) is 0.321. The van der Waals surface area contributed by atoms with Crippen LogP contribution in [0.5, 0.6) is 0 Å². The second-order valence-corrected chi connectivity index (χ2v) is 11.1. The third kappa shape index (κ3) is 4.44. The summed E-state index contributed by atoms with van der Waals surface area (Å²) < 4.78 is 28.3. The van der Waals surface area contributed by atoms with E-state index in [1.54, 1.807) is 29.6 Å². The summed E-state index contributed by atoms with van der Waals surface area (Å²) in [7, 11) is -4.28. The number of hydrogen-bond acceptors (Lipinski definition) is 5. The van der Waals surface area contributed by atoms with Crippen molar-refractivity contribution in [2.24, 2.45) is 0 Å². The van der Waals surface area contributed by atoms with E-state index in [0.717, 1.165) is 9.21 Å². The Bertz CT molecular complexity index is 1280. The third-order valence-corrected chi connectivity index (χ3v) is 8.61. The highest BCUT2D eigenvalue weighted by molar-refractivity contribution is 7.89. The molecule has 1 unspecified atom stereocenters. The Balaban J connectivity index is 1.77. The lowest BCUT2D eigenvalue weighted by atomic mass is 10.2. The van der Waals surface area contributed by atoms with Crippen molar-refractivity contribution in [1.29, 1.82) is 0 Å². The monoisotopic (exact) mass is 528 g/mol. The molecule has 1 atom stereocenters. The zero-order chi connectivity index (χ0) is 23.0. The summed E-state index contributed by atoms with van der Waals surface area (Å²) in [5, 5.41) is 2.40. The topological polar surface area (TPSA) is 74.8 Å². The zero-order valence-electron chi connectivity index (χ0n) is 16.2. The molecule has 3 aromatic rings. The van der Waals surface area contributed by atoms with E-state index in [9.17, 15) is 18.0 Å². The molecular weight excluding hydrogens is 515 g/mol. The average molecular weight is 530 g/mol. The van der Waals surface area contributed by atoms with Crippen LogP contribution < -0.4 is 4.90 Å². The SMILES string of the molecule is O=C1CC(N(Cc2cccs2)S(=O)(=O)c2cc(Cl)ccc2Cl)C(=O)N1c1ccc(Cl)cc1. The number of benzene rings is 2. The molecule has 2 aromatic carbocycles. The lowest BCUT2D eigenvalue weighted by Gasteiger charge is -2.27. The number of halogens is 3. The quantitative estimate of drug-likeness (QED) is 0.410. The summed E-state index contributed by atoms with van der Waals surface area (Å²) >= 11 is 19.4. The van der Waals surface area contributed by atoms with E-state index >= 15 is 0 Å². The zero-order valence-corrected chi connectivity index (χ0v) is 20.1. The Hall–Kier alpha value is -1.94. The predicted octanol–water partition coefficient (Wildman–Crippen LogP) is 5.23. The molecule has 1 fully saturated rings. The summed E-state index contributed by atoms with van der Waals surface area (Å²) in [6.07, 6.45) is -0.301. The summed E-state index contributed by atoms with van der Waals surface area (Å²) in [4.78, 5) is 27.6. The molecule has 1 aliphatic rings. The molecular formula is C21H15Cl3N2O4S2. The van der Waals surface area contributed by atoms with Crippen molar-refractivity contribution < 1.29 is 18.0 Å². The van der Waals surface area contributed by atoms with Gasteiger partial charge in [0.25, 0.3) is 5.91 Å². The molecule has 32 heavy (non-hydrogen) atoms. The first-order valence-electron chi connectivity index (χ1n) is 9.30. The number of thiophene rings is 1. The van der Waals surface area contributed by atoms with E-state index in [1.807, 2.05) is 0 Å². The van der Waals surface area contributed by atoms with Gasteiger partial charge in [-0.3, -0.25) is 9.59 Å². The number of carbonyl (C=O) groups excluding carboxylic acids is 2. The van der Waals surface area contributed by atoms with Crippen LogP contribution >= 0.6 is 46.1 Å². The number of amides is 2. The average Bonchev–Trinajstić information content (AvgIpc) is 3.36. The van der Waals surface area contributed by atoms with Crippen LogP contribution in [0.2, 0.25) is 15.1 Å². The molecule has 2 heterocycles. The van der Waals surface area contributed by atoms with Gasteiger partial charge in [-0.1, -0.05) is 40.9 Å². The van der Waals surface area contributed by atoms with Gasteiger partial charge in [0.05, 0.1) is 17.1 Å².